The predicted octanol–water partition coefficient (Wildman–Crippen LogP) is 3.48. The minimum absolute atomic E-state index is 0.129. The minimum Gasteiger partial charge on any atom is -0.507 e. The van der Waals surface area contributed by atoms with E-state index in [-0.39, 0.29) is 17.3 Å². The van der Waals surface area contributed by atoms with Crippen molar-refractivity contribution in [3.63, 3.8) is 0 Å². The van der Waals surface area contributed by atoms with E-state index in [9.17, 15) is 14.3 Å². The standard InChI is InChI=1S/C17H14FN3O2/c1-10-3-2-4-13(16(10)22)14-9-15(21-20-14)17(23)19-12-7-5-11(18)6-8-12/h2-9,22H,1H3,(H,19,23)(H,20,21). The lowest BCUT2D eigenvalue weighted by molar-refractivity contribution is 0.102. The number of aromatic nitrogens is 2. The molecule has 1 aromatic heterocycles. The normalized spacial score (nSPS) is 10.5. The number of aryl methyl sites for hydroxylation is 1. The third-order valence-electron chi connectivity index (χ3n) is 3.44. The van der Waals surface area contributed by atoms with Crippen molar-refractivity contribution >= 4 is 11.6 Å². The number of hydrogen-bond acceptors (Lipinski definition) is 3. The number of halogens is 1. The Balaban J connectivity index is 1.82. The summed E-state index contributed by atoms with van der Waals surface area (Å²) in [6.07, 6.45) is 0. The second-order valence-corrected chi connectivity index (χ2v) is 5.10. The van der Waals surface area contributed by atoms with Crippen LogP contribution in [0.15, 0.2) is 48.5 Å². The summed E-state index contributed by atoms with van der Waals surface area (Å²) in [6, 6.07) is 12.3. The SMILES string of the molecule is Cc1cccc(-c2cc(C(=O)Nc3ccc(F)cc3)[nH]n2)c1O. The molecule has 3 rings (SSSR count). The number of nitrogens with one attached hydrogen (secondary N) is 2. The van der Waals surface area contributed by atoms with E-state index >= 15 is 0 Å². The summed E-state index contributed by atoms with van der Waals surface area (Å²) in [4.78, 5) is 12.2. The van der Waals surface area contributed by atoms with Gasteiger partial charge in [0.05, 0.1) is 5.69 Å². The van der Waals surface area contributed by atoms with Crippen LogP contribution in [0.3, 0.4) is 0 Å². The van der Waals surface area contributed by atoms with Gasteiger partial charge in [-0.05, 0) is 48.9 Å². The zero-order valence-electron chi connectivity index (χ0n) is 12.3. The van der Waals surface area contributed by atoms with Crippen LogP contribution >= 0.6 is 0 Å². The molecule has 0 bridgehead atoms. The van der Waals surface area contributed by atoms with Gasteiger partial charge in [0.25, 0.3) is 5.91 Å². The molecule has 116 valence electrons. The Labute approximate surface area is 131 Å². The average molecular weight is 311 g/mol. The fourth-order valence-corrected chi connectivity index (χ4v) is 2.17. The number of phenols is 1. The van der Waals surface area contributed by atoms with E-state index in [1.165, 1.54) is 24.3 Å². The highest BCUT2D eigenvalue weighted by atomic mass is 19.1. The molecule has 2 aromatic carbocycles. The number of aromatic amines is 1. The van der Waals surface area contributed by atoms with Gasteiger partial charge in [-0.3, -0.25) is 9.89 Å². The molecule has 5 nitrogen and oxygen atoms in total. The largest absolute Gasteiger partial charge is 0.507 e. The number of anilines is 1. The fraction of sp³-hybridized carbons (Fsp3) is 0.0588. The topological polar surface area (TPSA) is 78.0 Å². The first kappa shape index (κ1) is 14.8. The van der Waals surface area contributed by atoms with Crippen LogP contribution in [0.4, 0.5) is 10.1 Å². The van der Waals surface area contributed by atoms with Gasteiger partial charge in [-0.25, -0.2) is 4.39 Å². The number of aromatic hydroxyl groups is 1. The van der Waals surface area contributed by atoms with Crippen LogP contribution in [0.1, 0.15) is 16.1 Å². The number of rotatable bonds is 3. The second-order valence-electron chi connectivity index (χ2n) is 5.10. The highest BCUT2D eigenvalue weighted by molar-refractivity contribution is 6.03. The van der Waals surface area contributed by atoms with E-state index < -0.39 is 5.91 Å². The first-order valence-electron chi connectivity index (χ1n) is 6.96. The van der Waals surface area contributed by atoms with Gasteiger partial charge in [-0.15, -0.1) is 0 Å². The summed E-state index contributed by atoms with van der Waals surface area (Å²) in [5.41, 5.74) is 2.46. The number of H-pyrrole nitrogens is 1. The molecule has 0 aliphatic rings. The Hall–Kier alpha value is -3.15. The Morgan fingerprint density at radius 1 is 1.22 bits per heavy atom. The third kappa shape index (κ3) is 3.06. The molecule has 3 N–H and O–H groups in total. The van der Waals surface area contributed by atoms with Crippen molar-refractivity contribution < 1.29 is 14.3 Å². The lowest BCUT2D eigenvalue weighted by Gasteiger charge is -2.03. The van der Waals surface area contributed by atoms with Gasteiger partial charge in [0.15, 0.2) is 0 Å². The van der Waals surface area contributed by atoms with E-state index in [4.69, 9.17) is 0 Å². The lowest BCUT2D eigenvalue weighted by Crippen LogP contribution is -2.12. The maximum Gasteiger partial charge on any atom is 0.273 e. The van der Waals surface area contributed by atoms with Crippen LogP contribution in [0, 0.1) is 12.7 Å². The van der Waals surface area contributed by atoms with Crippen LogP contribution in [-0.4, -0.2) is 21.2 Å². The number of carbonyl (C=O) groups excluding carboxylic acids is 1. The van der Waals surface area contributed by atoms with E-state index in [0.717, 1.165) is 5.56 Å². The zero-order valence-corrected chi connectivity index (χ0v) is 12.3. The summed E-state index contributed by atoms with van der Waals surface area (Å²) >= 11 is 0. The number of carbonyl (C=O) groups is 1. The van der Waals surface area contributed by atoms with Crippen molar-refractivity contribution in [3.05, 3.63) is 65.6 Å². The number of phenolic OH excluding ortho intramolecular Hbond substituents is 1. The molecule has 0 spiro atoms. The molecule has 0 fully saturated rings. The summed E-state index contributed by atoms with van der Waals surface area (Å²) in [7, 11) is 0. The quantitative estimate of drug-likeness (QED) is 0.693. The number of benzene rings is 2. The highest BCUT2D eigenvalue weighted by Gasteiger charge is 2.14. The Morgan fingerprint density at radius 3 is 2.70 bits per heavy atom. The maximum atomic E-state index is 12.9. The van der Waals surface area contributed by atoms with Crippen molar-refractivity contribution in [2.75, 3.05) is 5.32 Å². The van der Waals surface area contributed by atoms with Gasteiger partial charge in [-0.2, -0.15) is 5.10 Å². The van der Waals surface area contributed by atoms with Crippen molar-refractivity contribution in [2.24, 2.45) is 0 Å². The van der Waals surface area contributed by atoms with Crippen LogP contribution in [-0.2, 0) is 0 Å². The molecular weight excluding hydrogens is 297 g/mol. The Bertz CT molecular complexity index is 857. The molecule has 1 heterocycles. The Kier molecular flexibility index (Phi) is 3.80. The van der Waals surface area contributed by atoms with Gasteiger partial charge >= 0.3 is 0 Å². The van der Waals surface area contributed by atoms with Gasteiger partial charge in [-0.1, -0.05) is 12.1 Å². The van der Waals surface area contributed by atoms with Crippen LogP contribution in [0.2, 0.25) is 0 Å². The molecule has 0 aliphatic heterocycles. The molecule has 6 heteroatoms. The summed E-state index contributed by atoms with van der Waals surface area (Å²) in [5, 5.41) is 19.4. The fourth-order valence-electron chi connectivity index (χ4n) is 2.17. The molecule has 1 amide bonds. The maximum absolute atomic E-state index is 12.9. The van der Waals surface area contributed by atoms with Gasteiger partial charge in [0.2, 0.25) is 0 Å². The second kappa shape index (κ2) is 5.92. The van der Waals surface area contributed by atoms with Crippen molar-refractivity contribution in [1.82, 2.24) is 10.2 Å². The Morgan fingerprint density at radius 2 is 1.96 bits per heavy atom. The van der Waals surface area contributed by atoms with Crippen molar-refractivity contribution in [1.29, 1.82) is 0 Å². The minimum atomic E-state index is -0.400. The first-order chi connectivity index (χ1) is 11.0. The summed E-state index contributed by atoms with van der Waals surface area (Å²) in [6.45, 7) is 1.79. The molecule has 0 unspecified atom stereocenters. The monoisotopic (exact) mass is 311 g/mol. The zero-order chi connectivity index (χ0) is 16.4. The molecule has 23 heavy (non-hydrogen) atoms. The van der Waals surface area contributed by atoms with Gasteiger partial charge in [0.1, 0.15) is 17.3 Å². The van der Waals surface area contributed by atoms with E-state index in [1.54, 1.807) is 31.2 Å². The third-order valence-corrected chi connectivity index (χ3v) is 3.44. The number of para-hydroxylation sites is 1. The number of amides is 1. The smallest absolute Gasteiger partial charge is 0.273 e. The van der Waals surface area contributed by atoms with Crippen LogP contribution < -0.4 is 5.32 Å². The van der Waals surface area contributed by atoms with E-state index in [2.05, 4.69) is 15.5 Å². The number of hydrogen-bond donors (Lipinski definition) is 3. The lowest BCUT2D eigenvalue weighted by atomic mass is 10.1. The van der Waals surface area contributed by atoms with Crippen LogP contribution in [0.5, 0.6) is 5.75 Å². The first-order valence-corrected chi connectivity index (χ1v) is 6.96. The van der Waals surface area contributed by atoms with E-state index in [1.807, 2.05) is 0 Å². The summed E-state index contributed by atoms with van der Waals surface area (Å²) in [5.74, 6) is -0.645. The molecule has 0 radical (unpaired) electrons. The van der Waals surface area contributed by atoms with Gasteiger partial charge < -0.3 is 10.4 Å². The number of nitrogens with zero attached hydrogens (tertiary/aromatic N) is 1. The van der Waals surface area contributed by atoms with Gasteiger partial charge in [0, 0.05) is 11.3 Å². The summed E-state index contributed by atoms with van der Waals surface area (Å²) < 4.78 is 12.9. The van der Waals surface area contributed by atoms with Crippen LogP contribution in [0.25, 0.3) is 11.3 Å². The molecular formula is C17H14FN3O2. The molecule has 0 atom stereocenters. The molecule has 0 aliphatic carbocycles. The average Bonchev–Trinajstić information content (AvgIpc) is 3.02. The van der Waals surface area contributed by atoms with Crippen molar-refractivity contribution in [2.45, 2.75) is 6.92 Å². The van der Waals surface area contributed by atoms with Crippen molar-refractivity contribution in [3.8, 4) is 17.0 Å². The predicted molar refractivity (Wildman–Crippen MR) is 84.8 cm³/mol. The van der Waals surface area contributed by atoms with E-state index in [0.29, 0.717) is 16.9 Å². The molecule has 0 saturated carbocycles. The molecule has 0 saturated heterocycles. The highest BCUT2D eigenvalue weighted by Crippen LogP contribution is 2.30. The molecule has 3 aromatic rings.